The monoisotopic (exact) mass is 300 g/mol. The van der Waals surface area contributed by atoms with Gasteiger partial charge in [-0.2, -0.15) is 0 Å². The summed E-state index contributed by atoms with van der Waals surface area (Å²) in [6.07, 6.45) is 0. The van der Waals surface area contributed by atoms with Gasteiger partial charge in [0.25, 0.3) is 0 Å². The van der Waals surface area contributed by atoms with Crippen LogP contribution in [0.15, 0.2) is 48.5 Å². The van der Waals surface area contributed by atoms with E-state index in [-0.39, 0.29) is 18.0 Å². The van der Waals surface area contributed by atoms with Crippen molar-refractivity contribution in [2.75, 3.05) is 12.4 Å². The van der Waals surface area contributed by atoms with Crippen molar-refractivity contribution < 1.29 is 19.4 Å². The van der Waals surface area contributed by atoms with Crippen LogP contribution in [0.2, 0.25) is 0 Å². The Bertz CT molecular complexity index is 668. The molecule has 0 saturated carbocycles. The zero-order chi connectivity index (χ0) is 15.9. The topological polar surface area (TPSA) is 87.7 Å². The second-order valence-corrected chi connectivity index (χ2v) is 4.50. The number of carbonyl (C=O) groups excluding carboxylic acids is 2. The summed E-state index contributed by atoms with van der Waals surface area (Å²) in [5.74, 6) is -1.000. The minimum Gasteiger partial charge on any atom is -0.506 e. The normalized spacial score (nSPS) is 9.86. The molecule has 0 fully saturated rings. The van der Waals surface area contributed by atoms with Crippen molar-refractivity contribution in [2.24, 2.45) is 0 Å². The minimum absolute atomic E-state index is 0.0983. The van der Waals surface area contributed by atoms with E-state index in [2.05, 4.69) is 10.6 Å². The number of anilines is 1. The lowest BCUT2D eigenvalue weighted by atomic mass is 10.2. The van der Waals surface area contributed by atoms with Crippen molar-refractivity contribution in [1.82, 2.24) is 5.32 Å². The van der Waals surface area contributed by atoms with Crippen LogP contribution in [0.3, 0.4) is 0 Å². The number of methoxy groups -OCH3 is 1. The summed E-state index contributed by atoms with van der Waals surface area (Å²) >= 11 is 0. The summed E-state index contributed by atoms with van der Waals surface area (Å²) in [6, 6.07) is 13.3. The molecule has 0 aromatic heterocycles. The molecule has 0 aliphatic carbocycles. The number of carbonyl (C=O) groups is 2. The van der Waals surface area contributed by atoms with E-state index < -0.39 is 11.8 Å². The Morgan fingerprint density at radius 1 is 1.05 bits per heavy atom. The maximum absolute atomic E-state index is 11.7. The van der Waals surface area contributed by atoms with Crippen molar-refractivity contribution in [2.45, 2.75) is 6.54 Å². The van der Waals surface area contributed by atoms with Gasteiger partial charge in [-0.05, 0) is 29.8 Å². The molecule has 0 aliphatic heterocycles. The molecule has 6 heteroatoms. The number of nitrogens with one attached hydrogen (secondary N) is 2. The van der Waals surface area contributed by atoms with Crippen LogP contribution in [0.25, 0.3) is 0 Å². The van der Waals surface area contributed by atoms with Crippen LogP contribution in [-0.2, 0) is 16.1 Å². The van der Waals surface area contributed by atoms with Gasteiger partial charge in [0.2, 0.25) is 0 Å². The number of hydrogen-bond acceptors (Lipinski definition) is 4. The first-order chi connectivity index (χ1) is 10.6. The van der Waals surface area contributed by atoms with E-state index in [1.165, 1.54) is 12.1 Å². The summed E-state index contributed by atoms with van der Waals surface area (Å²) < 4.78 is 5.04. The highest BCUT2D eigenvalue weighted by Gasteiger charge is 2.14. The van der Waals surface area contributed by atoms with Gasteiger partial charge < -0.3 is 20.5 Å². The number of ether oxygens (including phenoxy) is 1. The zero-order valence-corrected chi connectivity index (χ0v) is 12.0. The second-order valence-electron chi connectivity index (χ2n) is 4.50. The highest BCUT2D eigenvalue weighted by Crippen LogP contribution is 2.21. The van der Waals surface area contributed by atoms with Crippen LogP contribution in [-0.4, -0.2) is 24.0 Å². The Morgan fingerprint density at radius 2 is 1.73 bits per heavy atom. The van der Waals surface area contributed by atoms with E-state index >= 15 is 0 Å². The van der Waals surface area contributed by atoms with E-state index in [0.29, 0.717) is 5.75 Å². The largest absolute Gasteiger partial charge is 0.506 e. The van der Waals surface area contributed by atoms with Gasteiger partial charge in [-0.25, -0.2) is 0 Å². The first kappa shape index (κ1) is 15.4. The molecule has 2 aromatic carbocycles. The van der Waals surface area contributed by atoms with Crippen LogP contribution in [0.4, 0.5) is 5.69 Å². The van der Waals surface area contributed by atoms with Gasteiger partial charge >= 0.3 is 11.8 Å². The maximum Gasteiger partial charge on any atom is 0.313 e. The van der Waals surface area contributed by atoms with E-state index in [4.69, 9.17) is 4.74 Å². The highest BCUT2D eigenvalue weighted by molar-refractivity contribution is 6.39. The first-order valence-electron chi connectivity index (χ1n) is 6.60. The van der Waals surface area contributed by atoms with Gasteiger partial charge in [0.05, 0.1) is 12.8 Å². The molecule has 6 nitrogen and oxygen atoms in total. The predicted octanol–water partition coefficient (Wildman–Crippen LogP) is 1.66. The first-order valence-corrected chi connectivity index (χ1v) is 6.60. The minimum atomic E-state index is -0.838. The van der Waals surface area contributed by atoms with Crippen molar-refractivity contribution in [3.8, 4) is 11.5 Å². The molecule has 0 aliphatic rings. The van der Waals surface area contributed by atoms with Crippen LogP contribution >= 0.6 is 0 Å². The summed E-state index contributed by atoms with van der Waals surface area (Å²) in [5.41, 5.74) is 1.02. The molecular formula is C16H16N2O4. The quantitative estimate of drug-likeness (QED) is 0.592. The van der Waals surface area contributed by atoms with E-state index in [1.54, 1.807) is 43.5 Å². The Balaban J connectivity index is 1.88. The van der Waals surface area contributed by atoms with E-state index in [0.717, 1.165) is 5.56 Å². The van der Waals surface area contributed by atoms with Crippen molar-refractivity contribution in [1.29, 1.82) is 0 Å². The fraction of sp³-hybridized carbons (Fsp3) is 0.125. The Morgan fingerprint density at radius 3 is 2.36 bits per heavy atom. The summed E-state index contributed by atoms with van der Waals surface area (Å²) in [7, 11) is 1.57. The van der Waals surface area contributed by atoms with Gasteiger partial charge in [0, 0.05) is 6.54 Å². The lowest BCUT2D eigenvalue weighted by molar-refractivity contribution is -0.136. The van der Waals surface area contributed by atoms with Gasteiger partial charge in [0.15, 0.2) is 0 Å². The molecular weight excluding hydrogens is 284 g/mol. The predicted molar refractivity (Wildman–Crippen MR) is 81.6 cm³/mol. The maximum atomic E-state index is 11.7. The molecule has 3 N–H and O–H groups in total. The lowest BCUT2D eigenvalue weighted by Crippen LogP contribution is -2.34. The molecule has 114 valence electrons. The standard InChI is InChI=1S/C16H16N2O4/c1-22-12-8-6-11(7-9-12)10-17-15(20)16(21)18-13-4-2-3-5-14(13)19/h2-9,19H,10H2,1H3,(H,17,20)(H,18,21). The number of benzene rings is 2. The van der Waals surface area contributed by atoms with Gasteiger partial charge in [0.1, 0.15) is 11.5 Å². The number of rotatable bonds is 4. The Labute approximate surface area is 127 Å². The van der Waals surface area contributed by atoms with E-state index in [9.17, 15) is 14.7 Å². The van der Waals surface area contributed by atoms with Crippen LogP contribution < -0.4 is 15.4 Å². The number of amides is 2. The number of aromatic hydroxyl groups is 1. The highest BCUT2D eigenvalue weighted by atomic mass is 16.5. The summed E-state index contributed by atoms with van der Waals surface area (Å²) in [4.78, 5) is 23.5. The van der Waals surface area contributed by atoms with Crippen LogP contribution in [0.1, 0.15) is 5.56 Å². The van der Waals surface area contributed by atoms with E-state index in [1.807, 2.05) is 0 Å². The molecule has 0 unspecified atom stereocenters. The van der Waals surface area contributed by atoms with Crippen molar-refractivity contribution in [3.05, 3.63) is 54.1 Å². The Kier molecular flexibility index (Phi) is 4.98. The molecule has 2 amide bonds. The lowest BCUT2D eigenvalue weighted by Gasteiger charge is -2.08. The van der Waals surface area contributed by atoms with Crippen LogP contribution in [0, 0.1) is 0 Å². The average molecular weight is 300 g/mol. The zero-order valence-electron chi connectivity index (χ0n) is 12.0. The third-order valence-electron chi connectivity index (χ3n) is 2.97. The number of phenols is 1. The molecule has 0 heterocycles. The van der Waals surface area contributed by atoms with Gasteiger partial charge in [-0.3, -0.25) is 9.59 Å². The smallest absolute Gasteiger partial charge is 0.313 e. The van der Waals surface area contributed by atoms with Gasteiger partial charge in [-0.1, -0.05) is 24.3 Å². The summed E-state index contributed by atoms with van der Waals surface area (Å²) in [5, 5.41) is 14.4. The van der Waals surface area contributed by atoms with Gasteiger partial charge in [-0.15, -0.1) is 0 Å². The molecule has 0 atom stereocenters. The summed E-state index contributed by atoms with van der Waals surface area (Å²) in [6.45, 7) is 0.219. The fourth-order valence-corrected chi connectivity index (χ4v) is 1.76. The van der Waals surface area contributed by atoms with Crippen molar-refractivity contribution >= 4 is 17.5 Å². The number of phenolic OH excluding ortho intramolecular Hbond substituents is 1. The third kappa shape index (κ3) is 3.99. The second kappa shape index (κ2) is 7.12. The van der Waals surface area contributed by atoms with Crippen LogP contribution in [0.5, 0.6) is 11.5 Å². The molecule has 22 heavy (non-hydrogen) atoms. The number of hydrogen-bond donors (Lipinski definition) is 3. The fourth-order valence-electron chi connectivity index (χ4n) is 1.76. The molecule has 2 rings (SSSR count). The molecule has 2 aromatic rings. The third-order valence-corrected chi connectivity index (χ3v) is 2.97. The van der Waals surface area contributed by atoms with Crippen molar-refractivity contribution in [3.63, 3.8) is 0 Å². The average Bonchev–Trinajstić information content (AvgIpc) is 2.55. The molecule has 0 spiro atoms. The molecule has 0 saturated heterocycles. The number of para-hydroxylation sites is 2. The molecule has 0 bridgehead atoms. The molecule has 0 radical (unpaired) electrons. The Hall–Kier alpha value is -3.02. The SMILES string of the molecule is COc1ccc(CNC(=O)C(=O)Nc2ccccc2O)cc1.